The summed E-state index contributed by atoms with van der Waals surface area (Å²) in [4.78, 5) is -0.127. The van der Waals surface area contributed by atoms with Gasteiger partial charge in [-0.05, 0) is 30.3 Å². The second-order valence-corrected chi connectivity index (χ2v) is 6.13. The zero-order valence-electron chi connectivity index (χ0n) is 10.9. The predicted molar refractivity (Wildman–Crippen MR) is 72.8 cm³/mol. The van der Waals surface area contributed by atoms with Crippen LogP contribution in [0.5, 0.6) is 0 Å². The summed E-state index contributed by atoms with van der Waals surface area (Å²) in [6.07, 6.45) is 1.47. The third-order valence-corrected chi connectivity index (χ3v) is 4.79. The molecule has 2 rings (SSSR count). The molecular weight excluding hydrogens is 283 g/mol. The number of sulfonamides is 1. The van der Waals surface area contributed by atoms with Gasteiger partial charge in [0.15, 0.2) is 0 Å². The van der Waals surface area contributed by atoms with Crippen molar-refractivity contribution in [3.8, 4) is 0 Å². The normalized spacial score (nSPS) is 11.9. The Kier molecular flexibility index (Phi) is 4.10. The fourth-order valence-electron chi connectivity index (χ4n) is 1.76. The van der Waals surface area contributed by atoms with Gasteiger partial charge in [0.1, 0.15) is 11.6 Å². The largest absolute Gasteiger partial charge is 0.468 e. The maximum Gasteiger partial charge on any atom is 0.243 e. The van der Waals surface area contributed by atoms with Gasteiger partial charge in [-0.1, -0.05) is 6.92 Å². The molecule has 2 N–H and O–H groups in total. The van der Waals surface area contributed by atoms with Crippen LogP contribution in [0.4, 0.5) is 10.1 Å². The molecule has 0 aliphatic heterocycles. The van der Waals surface area contributed by atoms with Crippen LogP contribution in [0.2, 0.25) is 0 Å². The second kappa shape index (κ2) is 5.64. The van der Waals surface area contributed by atoms with E-state index < -0.39 is 15.8 Å². The highest BCUT2D eigenvalue weighted by Crippen LogP contribution is 2.21. The number of halogens is 1. The first-order chi connectivity index (χ1) is 9.45. The van der Waals surface area contributed by atoms with Gasteiger partial charge in [0, 0.05) is 6.54 Å². The van der Waals surface area contributed by atoms with Crippen LogP contribution in [-0.4, -0.2) is 19.3 Å². The average Bonchev–Trinajstić information content (AvgIpc) is 2.91. The Morgan fingerprint density at radius 1 is 1.35 bits per heavy atom. The van der Waals surface area contributed by atoms with Gasteiger partial charge in [0.2, 0.25) is 10.0 Å². The van der Waals surface area contributed by atoms with E-state index in [2.05, 4.69) is 0 Å². The number of anilines is 1. The average molecular weight is 298 g/mol. The number of hydrogen-bond acceptors (Lipinski definition) is 4. The second-order valence-electron chi connectivity index (χ2n) is 4.19. The lowest BCUT2D eigenvalue weighted by Crippen LogP contribution is -2.30. The molecule has 2 aromatic rings. The highest BCUT2D eigenvalue weighted by Gasteiger charge is 2.24. The molecule has 0 unspecified atom stereocenters. The van der Waals surface area contributed by atoms with Crippen molar-refractivity contribution in [3.05, 3.63) is 48.2 Å². The Morgan fingerprint density at radius 3 is 2.65 bits per heavy atom. The fraction of sp³-hybridized carbons (Fsp3) is 0.231. The van der Waals surface area contributed by atoms with Gasteiger partial charge >= 0.3 is 0 Å². The Hall–Kier alpha value is -1.86. The van der Waals surface area contributed by atoms with Gasteiger partial charge < -0.3 is 10.2 Å². The molecule has 0 spiro atoms. The van der Waals surface area contributed by atoms with Crippen LogP contribution in [-0.2, 0) is 16.6 Å². The van der Waals surface area contributed by atoms with E-state index in [-0.39, 0.29) is 23.7 Å². The standard InChI is InChI=1S/C13H15FN2O3S/c1-2-16(9-10-4-3-7-19-10)20(17,18)11-5-6-13(15)12(14)8-11/h3-8H,2,9,15H2,1H3. The first-order valence-corrected chi connectivity index (χ1v) is 7.46. The van der Waals surface area contributed by atoms with E-state index >= 15 is 0 Å². The lowest BCUT2D eigenvalue weighted by atomic mass is 10.3. The Balaban J connectivity index is 2.33. The number of nitrogens with zero attached hydrogens (tertiary/aromatic N) is 1. The van der Waals surface area contributed by atoms with Crippen molar-refractivity contribution in [2.45, 2.75) is 18.4 Å². The van der Waals surface area contributed by atoms with Crippen molar-refractivity contribution >= 4 is 15.7 Å². The molecule has 7 heteroatoms. The smallest absolute Gasteiger partial charge is 0.243 e. The van der Waals surface area contributed by atoms with Crippen LogP contribution in [0.15, 0.2) is 45.9 Å². The third kappa shape index (κ3) is 2.83. The molecule has 0 bridgehead atoms. The van der Waals surface area contributed by atoms with E-state index in [1.165, 1.54) is 22.7 Å². The summed E-state index contributed by atoms with van der Waals surface area (Å²) >= 11 is 0. The van der Waals surface area contributed by atoms with E-state index in [1.54, 1.807) is 19.1 Å². The van der Waals surface area contributed by atoms with E-state index in [9.17, 15) is 12.8 Å². The third-order valence-electron chi connectivity index (χ3n) is 2.87. The van der Waals surface area contributed by atoms with E-state index in [1.807, 2.05) is 0 Å². The van der Waals surface area contributed by atoms with E-state index in [4.69, 9.17) is 10.2 Å². The van der Waals surface area contributed by atoms with E-state index in [0.29, 0.717) is 5.76 Å². The Bertz CT molecular complexity index is 684. The van der Waals surface area contributed by atoms with Crippen LogP contribution in [0.1, 0.15) is 12.7 Å². The minimum absolute atomic E-state index is 0.0852. The van der Waals surface area contributed by atoms with Crippen molar-refractivity contribution < 1.29 is 17.2 Å². The summed E-state index contributed by atoms with van der Waals surface area (Å²) in [5, 5.41) is 0. The van der Waals surface area contributed by atoms with Crippen LogP contribution in [0, 0.1) is 5.82 Å². The summed E-state index contributed by atoms with van der Waals surface area (Å²) in [7, 11) is -3.79. The molecule has 1 aromatic carbocycles. The van der Waals surface area contributed by atoms with Gasteiger partial charge in [-0.25, -0.2) is 12.8 Å². The predicted octanol–water partition coefficient (Wildman–Crippen LogP) is 2.21. The molecule has 0 saturated heterocycles. The number of nitrogens with two attached hydrogens (primary N) is 1. The summed E-state index contributed by atoms with van der Waals surface area (Å²) in [6, 6.07) is 6.82. The Morgan fingerprint density at radius 2 is 2.10 bits per heavy atom. The topological polar surface area (TPSA) is 76.5 Å². The number of benzene rings is 1. The zero-order valence-corrected chi connectivity index (χ0v) is 11.7. The first kappa shape index (κ1) is 14.5. The number of furan rings is 1. The van der Waals surface area contributed by atoms with Gasteiger partial charge in [-0.15, -0.1) is 0 Å². The van der Waals surface area contributed by atoms with Crippen molar-refractivity contribution in [2.75, 3.05) is 12.3 Å². The van der Waals surface area contributed by atoms with Crippen molar-refractivity contribution in [1.29, 1.82) is 0 Å². The van der Waals surface area contributed by atoms with E-state index in [0.717, 1.165) is 6.07 Å². The van der Waals surface area contributed by atoms with Crippen LogP contribution >= 0.6 is 0 Å². The van der Waals surface area contributed by atoms with Gasteiger partial charge in [0.05, 0.1) is 23.4 Å². The maximum absolute atomic E-state index is 13.4. The van der Waals surface area contributed by atoms with Gasteiger partial charge in [-0.3, -0.25) is 0 Å². The zero-order chi connectivity index (χ0) is 14.8. The minimum atomic E-state index is -3.79. The lowest BCUT2D eigenvalue weighted by molar-refractivity contribution is 0.375. The fourth-order valence-corrected chi connectivity index (χ4v) is 3.19. The van der Waals surface area contributed by atoms with Crippen LogP contribution < -0.4 is 5.73 Å². The summed E-state index contributed by atoms with van der Waals surface area (Å²) < 4.78 is 44.6. The van der Waals surface area contributed by atoms with Crippen LogP contribution in [0.3, 0.4) is 0 Å². The molecule has 0 aliphatic carbocycles. The Labute approximate surface area is 116 Å². The number of nitrogen functional groups attached to an aromatic ring is 1. The van der Waals surface area contributed by atoms with Crippen molar-refractivity contribution in [2.24, 2.45) is 0 Å². The molecule has 0 radical (unpaired) electrons. The molecule has 1 aromatic heterocycles. The molecule has 0 fully saturated rings. The molecule has 20 heavy (non-hydrogen) atoms. The SMILES string of the molecule is CCN(Cc1ccco1)S(=O)(=O)c1ccc(N)c(F)c1. The maximum atomic E-state index is 13.4. The van der Waals surface area contributed by atoms with Crippen molar-refractivity contribution in [1.82, 2.24) is 4.31 Å². The molecular formula is C13H15FN2O3S. The molecule has 5 nitrogen and oxygen atoms in total. The molecule has 0 saturated carbocycles. The highest BCUT2D eigenvalue weighted by molar-refractivity contribution is 7.89. The van der Waals surface area contributed by atoms with Crippen molar-refractivity contribution in [3.63, 3.8) is 0 Å². The summed E-state index contributed by atoms with van der Waals surface area (Å²) in [5.74, 6) is -0.230. The lowest BCUT2D eigenvalue weighted by Gasteiger charge is -2.19. The molecule has 0 aliphatic rings. The first-order valence-electron chi connectivity index (χ1n) is 6.02. The quantitative estimate of drug-likeness (QED) is 0.859. The number of hydrogen-bond donors (Lipinski definition) is 1. The highest BCUT2D eigenvalue weighted by atomic mass is 32.2. The molecule has 0 amide bonds. The minimum Gasteiger partial charge on any atom is -0.468 e. The number of rotatable bonds is 5. The molecule has 108 valence electrons. The van der Waals surface area contributed by atoms with Gasteiger partial charge in [0.25, 0.3) is 0 Å². The van der Waals surface area contributed by atoms with Crippen LogP contribution in [0.25, 0.3) is 0 Å². The molecule has 1 heterocycles. The van der Waals surface area contributed by atoms with Gasteiger partial charge in [-0.2, -0.15) is 4.31 Å². The summed E-state index contributed by atoms with van der Waals surface area (Å²) in [6.45, 7) is 2.04. The summed E-state index contributed by atoms with van der Waals surface area (Å²) in [5.41, 5.74) is 5.27. The molecule has 0 atom stereocenters. The monoisotopic (exact) mass is 298 g/mol.